The van der Waals surface area contributed by atoms with Crippen molar-refractivity contribution in [3.8, 4) is 0 Å². The standard InChI is InChI=1S/C26H23N2OP/c29-26(28-22-13-5-1-6-14-22)27-21-30(23-15-7-2-8-16-23,24-17-9-3-10-18-24)25-19-11-4-12-20-25/h1-20H,21H2,(H-,27,28,29)/p+1. The average molecular weight is 411 g/mol. The van der Waals surface area contributed by atoms with Crippen LogP contribution in [0.2, 0.25) is 0 Å². The lowest BCUT2D eigenvalue weighted by atomic mass is 10.3. The summed E-state index contributed by atoms with van der Waals surface area (Å²) in [6.07, 6.45) is 0.531. The van der Waals surface area contributed by atoms with Crippen molar-refractivity contribution < 1.29 is 4.79 Å². The van der Waals surface area contributed by atoms with E-state index in [2.05, 4.69) is 83.4 Å². The van der Waals surface area contributed by atoms with Crippen LogP contribution in [-0.2, 0) is 0 Å². The van der Waals surface area contributed by atoms with Gasteiger partial charge < -0.3 is 10.6 Å². The number of rotatable bonds is 6. The molecule has 0 aliphatic rings. The third-order valence-corrected chi connectivity index (χ3v) is 9.27. The fourth-order valence-corrected chi connectivity index (χ4v) is 7.52. The van der Waals surface area contributed by atoms with Gasteiger partial charge in [0.2, 0.25) is 0 Å². The predicted octanol–water partition coefficient (Wildman–Crippen LogP) is 4.76. The molecule has 0 bridgehead atoms. The molecule has 3 nitrogen and oxygen atoms in total. The molecule has 0 saturated heterocycles. The molecule has 2 N–H and O–H groups in total. The van der Waals surface area contributed by atoms with Crippen LogP contribution in [0.4, 0.5) is 10.5 Å². The maximum Gasteiger partial charge on any atom is 0.322 e. The molecule has 4 aromatic carbocycles. The normalized spacial score (nSPS) is 10.9. The minimum atomic E-state index is -2.08. The molecule has 148 valence electrons. The van der Waals surface area contributed by atoms with Crippen LogP contribution in [0.5, 0.6) is 0 Å². The van der Waals surface area contributed by atoms with E-state index in [1.54, 1.807) is 0 Å². The molecule has 0 aliphatic heterocycles. The van der Waals surface area contributed by atoms with Crippen molar-refractivity contribution in [1.29, 1.82) is 0 Å². The zero-order valence-electron chi connectivity index (χ0n) is 16.6. The fourth-order valence-electron chi connectivity index (χ4n) is 3.66. The van der Waals surface area contributed by atoms with Crippen LogP contribution >= 0.6 is 7.26 Å². The number of para-hydroxylation sites is 1. The summed E-state index contributed by atoms with van der Waals surface area (Å²) in [5.41, 5.74) is 0.776. The summed E-state index contributed by atoms with van der Waals surface area (Å²) in [5.74, 6) is 0. The van der Waals surface area contributed by atoms with Gasteiger partial charge in [-0.3, -0.25) is 0 Å². The lowest BCUT2D eigenvalue weighted by molar-refractivity contribution is 0.253. The Hall–Kier alpha value is -3.42. The maximum absolute atomic E-state index is 12.7. The van der Waals surface area contributed by atoms with E-state index in [9.17, 15) is 4.79 Å². The zero-order valence-corrected chi connectivity index (χ0v) is 17.5. The molecule has 0 atom stereocenters. The largest absolute Gasteiger partial charge is 0.322 e. The van der Waals surface area contributed by atoms with Gasteiger partial charge in [-0.05, 0) is 48.5 Å². The molecule has 0 aliphatic carbocycles. The van der Waals surface area contributed by atoms with Crippen LogP contribution in [0, 0.1) is 0 Å². The smallest absolute Gasteiger partial charge is 0.308 e. The van der Waals surface area contributed by atoms with E-state index in [-0.39, 0.29) is 6.03 Å². The number of hydrogen-bond donors (Lipinski definition) is 2. The summed E-state index contributed by atoms with van der Waals surface area (Å²) >= 11 is 0. The van der Waals surface area contributed by atoms with Crippen LogP contribution in [-0.4, -0.2) is 12.3 Å². The Balaban J connectivity index is 1.74. The molecule has 4 rings (SSSR count). The quantitative estimate of drug-likeness (QED) is 0.442. The molecule has 0 radical (unpaired) electrons. The van der Waals surface area contributed by atoms with Crippen LogP contribution in [0.15, 0.2) is 121 Å². The van der Waals surface area contributed by atoms with Crippen molar-refractivity contribution in [2.75, 3.05) is 11.6 Å². The summed E-state index contributed by atoms with van der Waals surface area (Å²) < 4.78 is 0. The lowest BCUT2D eigenvalue weighted by Crippen LogP contribution is -2.41. The van der Waals surface area contributed by atoms with Gasteiger partial charge in [0, 0.05) is 5.69 Å². The summed E-state index contributed by atoms with van der Waals surface area (Å²) in [6.45, 7) is 0. The number of nitrogens with one attached hydrogen (secondary N) is 2. The summed E-state index contributed by atoms with van der Waals surface area (Å²) in [6, 6.07) is 40.8. The second-order valence-corrected chi connectivity index (χ2v) is 10.5. The van der Waals surface area contributed by atoms with Gasteiger partial charge in [0.15, 0.2) is 0 Å². The van der Waals surface area contributed by atoms with Crippen molar-refractivity contribution in [2.24, 2.45) is 0 Å². The van der Waals surface area contributed by atoms with Crippen LogP contribution in [0.3, 0.4) is 0 Å². The molecule has 0 spiro atoms. The summed E-state index contributed by atoms with van der Waals surface area (Å²) in [7, 11) is -2.08. The van der Waals surface area contributed by atoms with Crippen LogP contribution in [0.1, 0.15) is 0 Å². The highest BCUT2D eigenvalue weighted by atomic mass is 31.2. The molecule has 4 heteroatoms. The molecular formula is C26H24N2OP+. The molecule has 2 amide bonds. The highest BCUT2D eigenvalue weighted by Gasteiger charge is 2.45. The molecule has 0 unspecified atom stereocenters. The molecule has 0 saturated carbocycles. The van der Waals surface area contributed by atoms with Gasteiger partial charge in [0.05, 0.1) is 0 Å². The minimum Gasteiger partial charge on any atom is -0.308 e. The van der Waals surface area contributed by atoms with E-state index in [1.807, 2.05) is 48.5 Å². The maximum atomic E-state index is 12.7. The highest BCUT2D eigenvalue weighted by Crippen LogP contribution is 2.54. The Labute approximate surface area is 178 Å². The Kier molecular flexibility index (Phi) is 6.22. The Bertz CT molecular complexity index is 974. The van der Waals surface area contributed by atoms with Crippen molar-refractivity contribution in [1.82, 2.24) is 5.32 Å². The van der Waals surface area contributed by atoms with E-state index in [4.69, 9.17) is 0 Å². The molecule has 4 aromatic rings. The summed E-state index contributed by atoms with van der Waals surface area (Å²) in [5, 5.41) is 9.82. The van der Waals surface area contributed by atoms with Gasteiger partial charge in [-0.2, -0.15) is 0 Å². The third kappa shape index (κ3) is 4.27. The first-order valence-corrected chi connectivity index (χ1v) is 11.9. The first-order valence-electron chi connectivity index (χ1n) is 9.94. The van der Waals surface area contributed by atoms with Crippen LogP contribution < -0.4 is 26.5 Å². The first-order chi connectivity index (χ1) is 14.8. The van der Waals surface area contributed by atoms with Crippen molar-refractivity contribution in [3.63, 3.8) is 0 Å². The van der Waals surface area contributed by atoms with Gasteiger partial charge in [-0.15, -0.1) is 0 Å². The first kappa shape index (κ1) is 19.9. The zero-order chi connectivity index (χ0) is 20.7. The number of urea groups is 1. The van der Waals surface area contributed by atoms with Crippen molar-refractivity contribution >= 4 is 34.9 Å². The van der Waals surface area contributed by atoms with Gasteiger partial charge in [-0.25, -0.2) is 4.79 Å². The van der Waals surface area contributed by atoms with Gasteiger partial charge in [0.1, 0.15) is 29.5 Å². The number of hydrogen-bond acceptors (Lipinski definition) is 1. The molecule has 0 fully saturated rings. The van der Waals surface area contributed by atoms with Crippen molar-refractivity contribution in [3.05, 3.63) is 121 Å². The predicted molar refractivity (Wildman–Crippen MR) is 129 cm³/mol. The SMILES string of the molecule is O=C(NC[P+](c1ccccc1)(c1ccccc1)c1ccccc1)Nc1ccccc1. The molecular weight excluding hydrogens is 387 g/mol. The van der Waals surface area contributed by atoms with E-state index in [1.165, 1.54) is 15.9 Å². The van der Waals surface area contributed by atoms with E-state index in [0.29, 0.717) is 6.29 Å². The van der Waals surface area contributed by atoms with E-state index in [0.717, 1.165) is 5.69 Å². The molecule has 30 heavy (non-hydrogen) atoms. The van der Waals surface area contributed by atoms with Gasteiger partial charge >= 0.3 is 6.03 Å². The lowest BCUT2D eigenvalue weighted by Gasteiger charge is -2.27. The number of anilines is 1. The monoisotopic (exact) mass is 411 g/mol. The topological polar surface area (TPSA) is 41.1 Å². The minimum absolute atomic E-state index is 0.201. The van der Waals surface area contributed by atoms with E-state index < -0.39 is 7.26 Å². The van der Waals surface area contributed by atoms with E-state index >= 15 is 0 Å². The average Bonchev–Trinajstić information content (AvgIpc) is 2.82. The fraction of sp³-hybridized carbons (Fsp3) is 0.0385. The Morgan fingerprint density at radius 2 is 0.933 bits per heavy atom. The number of carbonyl (C=O) groups is 1. The van der Waals surface area contributed by atoms with Crippen molar-refractivity contribution in [2.45, 2.75) is 0 Å². The Morgan fingerprint density at radius 3 is 1.33 bits per heavy atom. The second kappa shape index (κ2) is 9.39. The summed E-state index contributed by atoms with van der Waals surface area (Å²) in [4.78, 5) is 12.7. The number of amides is 2. The second-order valence-electron chi connectivity index (χ2n) is 6.97. The highest BCUT2D eigenvalue weighted by molar-refractivity contribution is 7.95. The number of carbonyl (C=O) groups excluding carboxylic acids is 1. The van der Waals surface area contributed by atoms with Crippen LogP contribution in [0.25, 0.3) is 0 Å². The third-order valence-electron chi connectivity index (χ3n) is 5.10. The van der Waals surface area contributed by atoms with Gasteiger partial charge in [0.25, 0.3) is 0 Å². The van der Waals surface area contributed by atoms with Gasteiger partial charge in [-0.1, -0.05) is 72.8 Å². The number of benzene rings is 4. The Morgan fingerprint density at radius 1 is 0.567 bits per heavy atom. The molecule has 0 heterocycles. The molecule has 0 aromatic heterocycles.